The molecule has 1 atom stereocenters. The summed E-state index contributed by atoms with van der Waals surface area (Å²) in [7, 11) is 2.66. The molecule has 5 heteroatoms. The Morgan fingerprint density at radius 1 is 1.25 bits per heavy atom. The molecule has 1 saturated heterocycles. The molecule has 0 bridgehead atoms. The zero-order chi connectivity index (χ0) is 11.7. The fourth-order valence-electron chi connectivity index (χ4n) is 2.50. The highest BCUT2D eigenvalue weighted by atomic mass is 16.5. The third-order valence-corrected chi connectivity index (χ3v) is 3.22. The van der Waals surface area contributed by atoms with Crippen LogP contribution in [-0.4, -0.2) is 50.2 Å². The van der Waals surface area contributed by atoms with Gasteiger partial charge in [0.15, 0.2) is 0 Å². The lowest BCUT2D eigenvalue weighted by Crippen LogP contribution is -2.27. The first-order valence-corrected chi connectivity index (χ1v) is 5.32. The molecule has 0 aromatic rings. The molecular weight excluding hydrogens is 210 g/mol. The van der Waals surface area contributed by atoms with Crippen molar-refractivity contribution in [2.24, 2.45) is 0 Å². The van der Waals surface area contributed by atoms with Gasteiger partial charge >= 0.3 is 11.9 Å². The van der Waals surface area contributed by atoms with Crippen LogP contribution in [0.15, 0.2) is 11.1 Å². The first-order chi connectivity index (χ1) is 7.69. The van der Waals surface area contributed by atoms with Crippen molar-refractivity contribution >= 4 is 11.9 Å². The second-order valence-corrected chi connectivity index (χ2v) is 4.00. The van der Waals surface area contributed by atoms with Gasteiger partial charge in [-0.3, -0.25) is 4.90 Å². The maximum absolute atomic E-state index is 11.7. The van der Waals surface area contributed by atoms with Gasteiger partial charge in [0.2, 0.25) is 0 Å². The zero-order valence-electron chi connectivity index (χ0n) is 9.49. The molecule has 16 heavy (non-hydrogen) atoms. The second kappa shape index (κ2) is 4.25. The van der Waals surface area contributed by atoms with Crippen LogP contribution in [0.2, 0.25) is 0 Å². The summed E-state index contributed by atoms with van der Waals surface area (Å²) < 4.78 is 9.43. The molecular formula is C11H15NO4. The average Bonchev–Trinajstić information content (AvgIpc) is 2.86. The van der Waals surface area contributed by atoms with E-state index in [1.807, 2.05) is 0 Å². The third kappa shape index (κ3) is 1.61. The summed E-state index contributed by atoms with van der Waals surface area (Å²) >= 11 is 0. The van der Waals surface area contributed by atoms with Gasteiger partial charge in [-0.1, -0.05) is 0 Å². The molecule has 0 radical (unpaired) electrons. The lowest BCUT2D eigenvalue weighted by Gasteiger charge is -2.15. The van der Waals surface area contributed by atoms with E-state index in [-0.39, 0.29) is 6.04 Å². The van der Waals surface area contributed by atoms with E-state index in [0.717, 1.165) is 19.4 Å². The molecule has 0 aromatic carbocycles. The van der Waals surface area contributed by atoms with Crippen LogP contribution in [0.3, 0.4) is 0 Å². The van der Waals surface area contributed by atoms with Gasteiger partial charge in [0.05, 0.1) is 25.4 Å². The van der Waals surface area contributed by atoms with Crippen molar-refractivity contribution in [2.75, 3.05) is 27.3 Å². The predicted octanol–water partition coefficient (Wildman–Crippen LogP) is 0.107. The molecule has 0 saturated carbocycles. The van der Waals surface area contributed by atoms with Gasteiger partial charge < -0.3 is 9.47 Å². The van der Waals surface area contributed by atoms with E-state index in [4.69, 9.17) is 9.47 Å². The number of carbonyl (C=O) groups is 2. The number of hydrogen-bond donors (Lipinski definition) is 0. The molecule has 2 rings (SSSR count). The summed E-state index contributed by atoms with van der Waals surface area (Å²) in [6.45, 7) is 1.42. The van der Waals surface area contributed by atoms with E-state index in [9.17, 15) is 9.59 Å². The normalized spacial score (nSPS) is 24.5. The zero-order valence-corrected chi connectivity index (χ0v) is 9.49. The minimum absolute atomic E-state index is 0.0431. The van der Waals surface area contributed by atoms with Crippen LogP contribution in [0, 0.1) is 0 Å². The SMILES string of the molecule is COC(=O)C1=C(C(=O)OC)C2CCCN2C1. The molecule has 5 nitrogen and oxygen atoms in total. The molecule has 0 spiro atoms. The fourth-order valence-corrected chi connectivity index (χ4v) is 2.50. The number of methoxy groups -OCH3 is 2. The van der Waals surface area contributed by atoms with Gasteiger partial charge in [-0.2, -0.15) is 0 Å². The molecule has 2 aliphatic heterocycles. The molecule has 2 heterocycles. The molecule has 0 aliphatic carbocycles. The summed E-state index contributed by atoms with van der Waals surface area (Å²) in [4.78, 5) is 25.4. The monoisotopic (exact) mass is 225 g/mol. The Labute approximate surface area is 94.0 Å². The summed E-state index contributed by atoms with van der Waals surface area (Å²) in [6, 6.07) is 0.0431. The molecule has 0 aromatic heterocycles. The first kappa shape index (κ1) is 11.1. The number of carbonyl (C=O) groups excluding carboxylic acids is 2. The van der Waals surface area contributed by atoms with E-state index in [2.05, 4.69) is 4.90 Å². The van der Waals surface area contributed by atoms with Crippen LogP contribution in [0.25, 0.3) is 0 Å². The molecule has 0 amide bonds. The Kier molecular flexibility index (Phi) is 2.96. The molecule has 1 unspecified atom stereocenters. The van der Waals surface area contributed by atoms with Crippen LogP contribution in [-0.2, 0) is 19.1 Å². The van der Waals surface area contributed by atoms with Crippen LogP contribution in [0.1, 0.15) is 12.8 Å². The van der Waals surface area contributed by atoms with Crippen LogP contribution in [0.4, 0.5) is 0 Å². The lowest BCUT2D eigenvalue weighted by atomic mass is 10.0. The highest BCUT2D eigenvalue weighted by Crippen LogP contribution is 2.33. The minimum Gasteiger partial charge on any atom is -0.466 e. The van der Waals surface area contributed by atoms with Crippen LogP contribution >= 0.6 is 0 Å². The number of fused-ring (bicyclic) bond motifs is 1. The number of rotatable bonds is 2. The van der Waals surface area contributed by atoms with Gasteiger partial charge in [0.25, 0.3) is 0 Å². The number of esters is 2. The number of nitrogens with zero attached hydrogens (tertiary/aromatic N) is 1. The van der Waals surface area contributed by atoms with E-state index in [1.54, 1.807) is 0 Å². The minimum atomic E-state index is -0.421. The average molecular weight is 225 g/mol. The summed E-state index contributed by atoms with van der Waals surface area (Å²) in [6.07, 6.45) is 1.96. The Morgan fingerprint density at radius 3 is 2.56 bits per heavy atom. The van der Waals surface area contributed by atoms with Crippen molar-refractivity contribution < 1.29 is 19.1 Å². The standard InChI is InChI=1S/C11H15NO4/c1-15-10(13)7-6-12-5-3-4-8(12)9(7)11(14)16-2/h8H,3-6H2,1-2H3. The highest BCUT2D eigenvalue weighted by Gasteiger charge is 2.42. The second-order valence-electron chi connectivity index (χ2n) is 4.00. The van der Waals surface area contributed by atoms with Crippen molar-refractivity contribution in [3.63, 3.8) is 0 Å². The highest BCUT2D eigenvalue weighted by molar-refractivity contribution is 6.02. The maximum atomic E-state index is 11.7. The van der Waals surface area contributed by atoms with Gasteiger partial charge in [-0.25, -0.2) is 9.59 Å². The third-order valence-electron chi connectivity index (χ3n) is 3.22. The van der Waals surface area contributed by atoms with Gasteiger partial charge in [-0.05, 0) is 19.4 Å². The van der Waals surface area contributed by atoms with Crippen molar-refractivity contribution in [3.8, 4) is 0 Å². The van der Waals surface area contributed by atoms with Crippen molar-refractivity contribution in [1.82, 2.24) is 4.90 Å². The Morgan fingerprint density at radius 2 is 1.94 bits per heavy atom. The molecule has 1 fully saturated rings. The summed E-state index contributed by atoms with van der Waals surface area (Å²) in [5.74, 6) is -0.829. The molecule has 2 aliphatic rings. The topological polar surface area (TPSA) is 55.8 Å². The van der Waals surface area contributed by atoms with Crippen LogP contribution < -0.4 is 0 Å². The predicted molar refractivity (Wildman–Crippen MR) is 55.7 cm³/mol. The van der Waals surface area contributed by atoms with E-state index in [1.165, 1.54) is 14.2 Å². The quantitative estimate of drug-likeness (QED) is 0.624. The van der Waals surface area contributed by atoms with E-state index >= 15 is 0 Å². The lowest BCUT2D eigenvalue weighted by molar-refractivity contribution is -0.139. The largest absolute Gasteiger partial charge is 0.466 e. The van der Waals surface area contributed by atoms with E-state index < -0.39 is 11.9 Å². The van der Waals surface area contributed by atoms with Crippen molar-refractivity contribution in [1.29, 1.82) is 0 Å². The Balaban J connectivity index is 2.34. The molecule has 0 N–H and O–H groups in total. The maximum Gasteiger partial charge on any atom is 0.335 e. The summed E-state index contributed by atoms with van der Waals surface area (Å²) in [5, 5.41) is 0. The smallest absolute Gasteiger partial charge is 0.335 e. The van der Waals surface area contributed by atoms with Crippen molar-refractivity contribution in [2.45, 2.75) is 18.9 Å². The van der Waals surface area contributed by atoms with Gasteiger partial charge in [0, 0.05) is 12.6 Å². The Bertz CT molecular complexity index is 361. The van der Waals surface area contributed by atoms with Crippen LogP contribution in [0.5, 0.6) is 0 Å². The number of ether oxygens (including phenoxy) is 2. The molecule has 88 valence electrons. The fraction of sp³-hybridized carbons (Fsp3) is 0.636. The van der Waals surface area contributed by atoms with Gasteiger partial charge in [-0.15, -0.1) is 0 Å². The van der Waals surface area contributed by atoms with Crippen molar-refractivity contribution in [3.05, 3.63) is 11.1 Å². The first-order valence-electron chi connectivity index (χ1n) is 5.32. The number of hydrogen-bond acceptors (Lipinski definition) is 5. The summed E-state index contributed by atoms with van der Waals surface area (Å²) in [5.41, 5.74) is 0.950. The van der Waals surface area contributed by atoms with E-state index in [0.29, 0.717) is 17.7 Å². The Hall–Kier alpha value is -1.36. The van der Waals surface area contributed by atoms with Gasteiger partial charge in [0.1, 0.15) is 0 Å².